The maximum absolute atomic E-state index is 11.6. The topological polar surface area (TPSA) is 96.9 Å². The summed E-state index contributed by atoms with van der Waals surface area (Å²) in [5.74, 6) is 3.22. The Balaban J connectivity index is 1.77. The van der Waals surface area contributed by atoms with Crippen LogP contribution in [0.4, 0.5) is 17.2 Å². The molecule has 2 N–H and O–H groups in total. The van der Waals surface area contributed by atoms with Crippen molar-refractivity contribution in [3.05, 3.63) is 71.8 Å². The second-order valence-electron chi connectivity index (χ2n) is 6.74. The number of pyridine rings is 1. The predicted octanol–water partition coefficient (Wildman–Crippen LogP) is 4.44. The highest BCUT2D eigenvalue weighted by molar-refractivity contribution is 7.92. The second-order valence-corrected chi connectivity index (χ2v) is 8.85. The lowest BCUT2D eigenvalue weighted by atomic mass is 10.0. The highest BCUT2D eigenvalue weighted by Gasteiger charge is 2.12. The van der Waals surface area contributed by atoms with Crippen LogP contribution in [0.25, 0.3) is 22.0 Å². The maximum Gasteiger partial charge on any atom is 0.229 e. The highest BCUT2D eigenvalue weighted by Crippen LogP contribution is 2.31. The van der Waals surface area contributed by atoms with Crippen molar-refractivity contribution >= 4 is 49.7 Å². The number of nitrogens with zero attached hydrogens (tertiary/aromatic N) is 3. The van der Waals surface area contributed by atoms with Crippen molar-refractivity contribution in [1.82, 2.24) is 15.0 Å². The summed E-state index contributed by atoms with van der Waals surface area (Å²) < 4.78 is 25.6. The molecule has 0 saturated heterocycles. The molecule has 0 aliphatic heterocycles. The molecule has 0 bridgehead atoms. The Hall–Kier alpha value is -3.67. The van der Waals surface area contributed by atoms with Gasteiger partial charge in [0.1, 0.15) is 12.1 Å². The molecule has 0 radical (unpaired) electrons. The van der Waals surface area contributed by atoms with Crippen LogP contribution in [0.3, 0.4) is 0 Å². The lowest BCUT2D eigenvalue weighted by Gasteiger charge is -2.11. The first kappa shape index (κ1) is 20.6. The SMILES string of the molecule is C#Cc1cccc(Nc2ncnc3ccc(-c4cnc(Cl)c(NS(C)(=O)=O)c4)cc23)c1. The molecule has 4 rings (SSSR count). The molecule has 0 aliphatic rings. The summed E-state index contributed by atoms with van der Waals surface area (Å²) in [6, 6.07) is 14.7. The van der Waals surface area contributed by atoms with Gasteiger partial charge in [-0.15, -0.1) is 6.42 Å². The summed E-state index contributed by atoms with van der Waals surface area (Å²) >= 11 is 6.04. The zero-order chi connectivity index (χ0) is 22.0. The van der Waals surface area contributed by atoms with E-state index in [1.54, 1.807) is 12.3 Å². The zero-order valence-corrected chi connectivity index (χ0v) is 17.9. The molecule has 2 aromatic carbocycles. The molecule has 0 aliphatic carbocycles. The van der Waals surface area contributed by atoms with Crippen molar-refractivity contribution in [1.29, 1.82) is 0 Å². The van der Waals surface area contributed by atoms with Gasteiger partial charge in [-0.1, -0.05) is 29.7 Å². The van der Waals surface area contributed by atoms with Gasteiger partial charge in [0, 0.05) is 28.4 Å². The van der Waals surface area contributed by atoms with Gasteiger partial charge in [0.2, 0.25) is 10.0 Å². The molecule has 9 heteroatoms. The molecular formula is C22H16ClN5O2S. The van der Waals surface area contributed by atoms with Gasteiger partial charge in [-0.2, -0.15) is 0 Å². The zero-order valence-electron chi connectivity index (χ0n) is 16.3. The van der Waals surface area contributed by atoms with Gasteiger partial charge in [0.05, 0.1) is 17.5 Å². The van der Waals surface area contributed by atoms with Crippen molar-refractivity contribution in [2.24, 2.45) is 0 Å². The van der Waals surface area contributed by atoms with E-state index in [-0.39, 0.29) is 10.8 Å². The quantitative estimate of drug-likeness (QED) is 0.345. The lowest BCUT2D eigenvalue weighted by Crippen LogP contribution is -2.10. The van der Waals surface area contributed by atoms with Gasteiger partial charge < -0.3 is 5.32 Å². The molecule has 7 nitrogen and oxygen atoms in total. The van der Waals surface area contributed by atoms with Crippen LogP contribution in [0.1, 0.15) is 5.56 Å². The van der Waals surface area contributed by atoms with E-state index < -0.39 is 10.0 Å². The monoisotopic (exact) mass is 449 g/mol. The fourth-order valence-electron chi connectivity index (χ4n) is 3.04. The molecular weight excluding hydrogens is 434 g/mol. The minimum atomic E-state index is -3.50. The number of aromatic nitrogens is 3. The minimum absolute atomic E-state index is 0.0639. The van der Waals surface area contributed by atoms with E-state index in [0.717, 1.165) is 34.0 Å². The Morgan fingerprint density at radius 3 is 2.65 bits per heavy atom. The summed E-state index contributed by atoms with van der Waals surface area (Å²) in [5, 5.41) is 4.12. The normalized spacial score (nSPS) is 11.1. The molecule has 31 heavy (non-hydrogen) atoms. The number of fused-ring (bicyclic) bond motifs is 1. The third-order valence-corrected chi connectivity index (χ3v) is 5.29. The van der Waals surface area contributed by atoms with E-state index >= 15 is 0 Å². The molecule has 2 heterocycles. The smallest absolute Gasteiger partial charge is 0.229 e. The molecule has 4 aromatic rings. The Labute approximate surface area is 184 Å². The second kappa shape index (κ2) is 8.22. The van der Waals surface area contributed by atoms with E-state index in [1.165, 1.54) is 6.33 Å². The van der Waals surface area contributed by atoms with Crippen LogP contribution in [0, 0.1) is 12.3 Å². The Kier molecular flexibility index (Phi) is 5.46. The van der Waals surface area contributed by atoms with E-state index in [2.05, 4.69) is 30.9 Å². The lowest BCUT2D eigenvalue weighted by molar-refractivity contribution is 0.607. The molecule has 154 valence electrons. The standard InChI is InChI=1S/C22H16ClN5O2S/c1-3-14-5-4-6-17(9-14)27-22-18-10-15(7-8-19(18)25-13-26-22)16-11-20(21(23)24-12-16)28-31(2,29)30/h1,4-13,28H,2H3,(H,25,26,27). The first-order valence-electron chi connectivity index (χ1n) is 9.04. The maximum atomic E-state index is 11.6. The molecule has 0 saturated carbocycles. The van der Waals surface area contributed by atoms with Gasteiger partial charge in [-0.25, -0.2) is 23.4 Å². The van der Waals surface area contributed by atoms with Crippen molar-refractivity contribution in [3.63, 3.8) is 0 Å². The Bertz CT molecular complexity index is 1450. The van der Waals surface area contributed by atoms with Crippen molar-refractivity contribution in [2.45, 2.75) is 0 Å². The average Bonchev–Trinajstić information content (AvgIpc) is 2.74. The third-order valence-electron chi connectivity index (χ3n) is 4.40. The summed E-state index contributed by atoms with van der Waals surface area (Å²) in [6.07, 6.45) is 9.59. The number of nitrogens with one attached hydrogen (secondary N) is 2. The van der Waals surface area contributed by atoms with Crippen LogP contribution in [0.15, 0.2) is 61.1 Å². The van der Waals surface area contributed by atoms with Crippen molar-refractivity contribution in [3.8, 4) is 23.5 Å². The fourth-order valence-corrected chi connectivity index (χ4v) is 3.80. The first-order valence-corrected chi connectivity index (χ1v) is 11.3. The molecule has 0 fully saturated rings. The van der Waals surface area contributed by atoms with Gasteiger partial charge in [-0.05, 0) is 42.0 Å². The molecule has 0 atom stereocenters. The summed E-state index contributed by atoms with van der Waals surface area (Å²) in [4.78, 5) is 12.8. The number of hydrogen-bond donors (Lipinski definition) is 2. The first-order chi connectivity index (χ1) is 14.8. The minimum Gasteiger partial charge on any atom is -0.340 e. The van der Waals surface area contributed by atoms with E-state index in [9.17, 15) is 8.42 Å². The fraction of sp³-hybridized carbons (Fsp3) is 0.0455. The number of hydrogen-bond acceptors (Lipinski definition) is 6. The summed E-state index contributed by atoms with van der Waals surface area (Å²) in [6.45, 7) is 0. The molecule has 2 aromatic heterocycles. The summed E-state index contributed by atoms with van der Waals surface area (Å²) in [5.41, 5.74) is 3.97. The van der Waals surface area contributed by atoms with E-state index in [4.69, 9.17) is 18.0 Å². The Morgan fingerprint density at radius 1 is 1.03 bits per heavy atom. The van der Waals surface area contributed by atoms with E-state index in [1.807, 2.05) is 42.5 Å². The summed E-state index contributed by atoms with van der Waals surface area (Å²) in [7, 11) is -3.50. The van der Waals surface area contributed by atoms with Gasteiger partial charge in [0.15, 0.2) is 5.15 Å². The van der Waals surface area contributed by atoms with Crippen LogP contribution in [-0.2, 0) is 10.0 Å². The largest absolute Gasteiger partial charge is 0.340 e. The van der Waals surface area contributed by atoms with Crippen molar-refractivity contribution in [2.75, 3.05) is 16.3 Å². The number of halogens is 1. The van der Waals surface area contributed by atoms with Crippen molar-refractivity contribution < 1.29 is 8.42 Å². The Morgan fingerprint density at radius 2 is 1.87 bits per heavy atom. The predicted molar refractivity (Wildman–Crippen MR) is 124 cm³/mol. The molecule has 0 unspecified atom stereocenters. The number of anilines is 3. The number of benzene rings is 2. The third kappa shape index (κ3) is 4.74. The highest BCUT2D eigenvalue weighted by atomic mass is 35.5. The number of rotatable bonds is 5. The molecule has 0 amide bonds. The van der Waals surface area contributed by atoms with Crippen LogP contribution < -0.4 is 10.0 Å². The average molecular weight is 450 g/mol. The van der Waals surface area contributed by atoms with Gasteiger partial charge in [-0.3, -0.25) is 4.72 Å². The van der Waals surface area contributed by atoms with Crippen LogP contribution >= 0.6 is 11.6 Å². The molecule has 0 spiro atoms. The van der Waals surface area contributed by atoms with Crippen LogP contribution in [-0.4, -0.2) is 29.6 Å². The van der Waals surface area contributed by atoms with Gasteiger partial charge >= 0.3 is 0 Å². The van der Waals surface area contributed by atoms with E-state index in [0.29, 0.717) is 11.4 Å². The number of sulfonamides is 1. The van der Waals surface area contributed by atoms with Gasteiger partial charge in [0.25, 0.3) is 0 Å². The van der Waals surface area contributed by atoms with Crippen LogP contribution in [0.2, 0.25) is 5.15 Å². The van der Waals surface area contributed by atoms with Crippen LogP contribution in [0.5, 0.6) is 0 Å². The number of terminal acetylenes is 1.